The Morgan fingerprint density at radius 2 is 1.84 bits per heavy atom. The molecular weight excluding hydrogens is 406 g/mol. The standard InChI is InChI=1S/C25H25N3O4/c26-14-6-15-28(22-9-2-1-3-10-22)25(30)13-12-24(29)27-21-8-4-7-20(17-21)18-31-19-23-11-5-16-32-23/h1-5,7-11,16-17H,6,12-13,15,18-19H2,(H,27,29). The molecule has 164 valence electrons. The van der Waals surface area contributed by atoms with Gasteiger partial charge in [0.2, 0.25) is 11.8 Å². The second-order valence-corrected chi connectivity index (χ2v) is 7.11. The zero-order valence-corrected chi connectivity index (χ0v) is 17.7. The number of ether oxygens (including phenoxy) is 1. The van der Waals surface area contributed by atoms with Gasteiger partial charge < -0.3 is 19.4 Å². The van der Waals surface area contributed by atoms with E-state index < -0.39 is 0 Å². The number of nitrogens with one attached hydrogen (secondary N) is 1. The van der Waals surface area contributed by atoms with E-state index in [4.69, 9.17) is 14.4 Å². The minimum absolute atomic E-state index is 0.0495. The molecule has 3 aromatic rings. The summed E-state index contributed by atoms with van der Waals surface area (Å²) in [4.78, 5) is 26.6. The molecular formula is C25H25N3O4. The molecule has 1 aromatic heterocycles. The van der Waals surface area contributed by atoms with E-state index in [0.717, 1.165) is 17.0 Å². The molecule has 0 unspecified atom stereocenters. The summed E-state index contributed by atoms with van der Waals surface area (Å²) in [7, 11) is 0. The van der Waals surface area contributed by atoms with Crippen molar-refractivity contribution >= 4 is 23.2 Å². The van der Waals surface area contributed by atoms with Gasteiger partial charge in [-0.15, -0.1) is 0 Å². The zero-order chi connectivity index (χ0) is 22.6. The van der Waals surface area contributed by atoms with Gasteiger partial charge in [-0.05, 0) is 42.0 Å². The number of carbonyl (C=O) groups excluding carboxylic acids is 2. The van der Waals surface area contributed by atoms with Crippen LogP contribution in [0.3, 0.4) is 0 Å². The second kappa shape index (κ2) is 12.1. The van der Waals surface area contributed by atoms with E-state index in [-0.39, 0.29) is 31.1 Å². The number of benzene rings is 2. The summed E-state index contributed by atoms with van der Waals surface area (Å²) in [5.74, 6) is 0.306. The summed E-state index contributed by atoms with van der Waals surface area (Å²) in [5, 5.41) is 11.7. The Hall–Kier alpha value is -3.89. The topological polar surface area (TPSA) is 95.6 Å². The van der Waals surface area contributed by atoms with Crippen LogP contribution in [0.5, 0.6) is 0 Å². The molecule has 1 heterocycles. The summed E-state index contributed by atoms with van der Waals surface area (Å²) in [6.07, 6.45) is 1.93. The molecule has 32 heavy (non-hydrogen) atoms. The van der Waals surface area contributed by atoms with E-state index in [0.29, 0.717) is 25.4 Å². The third-order valence-corrected chi connectivity index (χ3v) is 4.69. The molecule has 2 aromatic carbocycles. The van der Waals surface area contributed by atoms with Crippen molar-refractivity contribution in [1.82, 2.24) is 0 Å². The fourth-order valence-corrected chi connectivity index (χ4v) is 3.15. The maximum atomic E-state index is 12.7. The normalized spacial score (nSPS) is 10.3. The zero-order valence-electron chi connectivity index (χ0n) is 17.7. The number of furan rings is 1. The molecule has 0 bridgehead atoms. The van der Waals surface area contributed by atoms with Gasteiger partial charge in [0.05, 0.1) is 25.4 Å². The first-order valence-corrected chi connectivity index (χ1v) is 10.4. The van der Waals surface area contributed by atoms with E-state index in [1.165, 1.54) is 0 Å². The van der Waals surface area contributed by atoms with Crippen LogP contribution in [0.25, 0.3) is 0 Å². The molecule has 0 saturated heterocycles. The van der Waals surface area contributed by atoms with Crippen molar-refractivity contribution in [2.75, 3.05) is 16.8 Å². The van der Waals surface area contributed by atoms with Crippen molar-refractivity contribution in [2.45, 2.75) is 32.5 Å². The lowest BCUT2D eigenvalue weighted by atomic mass is 10.2. The molecule has 0 radical (unpaired) electrons. The number of hydrogen-bond acceptors (Lipinski definition) is 5. The van der Waals surface area contributed by atoms with Crippen LogP contribution in [0.15, 0.2) is 77.4 Å². The van der Waals surface area contributed by atoms with Gasteiger partial charge in [-0.1, -0.05) is 30.3 Å². The van der Waals surface area contributed by atoms with Gasteiger partial charge in [0.1, 0.15) is 12.4 Å². The monoisotopic (exact) mass is 431 g/mol. The number of amides is 2. The molecule has 1 N–H and O–H groups in total. The molecule has 7 nitrogen and oxygen atoms in total. The number of hydrogen-bond donors (Lipinski definition) is 1. The predicted octanol–water partition coefficient (Wildman–Crippen LogP) is 4.66. The molecule has 3 rings (SSSR count). The molecule has 0 fully saturated rings. The Bertz CT molecular complexity index is 1040. The molecule has 2 amide bonds. The van der Waals surface area contributed by atoms with Crippen molar-refractivity contribution in [1.29, 1.82) is 5.26 Å². The number of carbonyl (C=O) groups is 2. The average Bonchev–Trinajstić information content (AvgIpc) is 3.32. The maximum absolute atomic E-state index is 12.7. The minimum atomic E-state index is -0.250. The van der Waals surface area contributed by atoms with Crippen LogP contribution in [-0.4, -0.2) is 18.4 Å². The summed E-state index contributed by atoms with van der Waals surface area (Å²) in [5.41, 5.74) is 2.28. The summed E-state index contributed by atoms with van der Waals surface area (Å²) >= 11 is 0. The molecule has 0 atom stereocenters. The fraction of sp³-hybridized carbons (Fsp3) is 0.240. The van der Waals surface area contributed by atoms with Gasteiger partial charge in [0, 0.05) is 30.8 Å². The third kappa shape index (κ3) is 7.11. The molecule has 0 aliphatic rings. The van der Waals surface area contributed by atoms with Gasteiger partial charge in [-0.25, -0.2) is 0 Å². The molecule has 7 heteroatoms. The predicted molar refractivity (Wildman–Crippen MR) is 121 cm³/mol. The van der Waals surface area contributed by atoms with Gasteiger partial charge in [0.25, 0.3) is 0 Å². The van der Waals surface area contributed by atoms with Crippen molar-refractivity contribution in [2.24, 2.45) is 0 Å². The first-order chi connectivity index (χ1) is 15.7. The summed E-state index contributed by atoms with van der Waals surface area (Å²) < 4.78 is 10.9. The van der Waals surface area contributed by atoms with Crippen molar-refractivity contribution in [3.63, 3.8) is 0 Å². The van der Waals surface area contributed by atoms with Crippen LogP contribution >= 0.6 is 0 Å². The smallest absolute Gasteiger partial charge is 0.227 e. The summed E-state index contributed by atoms with van der Waals surface area (Å²) in [6.45, 7) is 1.05. The number of nitriles is 1. The van der Waals surface area contributed by atoms with Crippen LogP contribution in [0, 0.1) is 11.3 Å². The van der Waals surface area contributed by atoms with E-state index in [9.17, 15) is 9.59 Å². The largest absolute Gasteiger partial charge is 0.467 e. The van der Waals surface area contributed by atoms with Crippen LogP contribution < -0.4 is 10.2 Å². The highest BCUT2D eigenvalue weighted by Crippen LogP contribution is 2.17. The Balaban J connectivity index is 1.49. The molecule has 0 aliphatic heterocycles. The molecule has 0 aliphatic carbocycles. The SMILES string of the molecule is N#CCCN(C(=O)CCC(=O)Nc1cccc(COCc2ccco2)c1)c1ccccc1. The van der Waals surface area contributed by atoms with Crippen molar-refractivity contribution in [3.8, 4) is 6.07 Å². The maximum Gasteiger partial charge on any atom is 0.227 e. The number of rotatable bonds is 11. The van der Waals surface area contributed by atoms with Crippen molar-refractivity contribution in [3.05, 3.63) is 84.3 Å². The third-order valence-electron chi connectivity index (χ3n) is 4.69. The lowest BCUT2D eigenvalue weighted by Crippen LogP contribution is -2.32. The van der Waals surface area contributed by atoms with E-state index in [1.54, 1.807) is 17.2 Å². The fourth-order valence-electron chi connectivity index (χ4n) is 3.15. The average molecular weight is 431 g/mol. The van der Waals surface area contributed by atoms with E-state index >= 15 is 0 Å². The second-order valence-electron chi connectivity index (χ2n) is 7.11. The summed E-state index contributed by atoms with van der Waals surface area (Å²) in [6, 6.07) is 22.2. The molecule has 0 spiro atoms. The van der Waals surface area contributed by atoms with Crippen LogP contribution in [-0.2, 0) is 27.5 Å². The van der Waals surface area contributed by atoms with Crippen LogP contribution in [0.1, 0.15) is 30.6 Å². The van der Waals surface area contributed by atoms with Crippen LogP contribution in [0.4, 0.5) is 11.4 Å². The lowest BCUT2D eigenvalue weighted by Gasteiger charge is -2.21. The number of nitrogens with zero attached hydrogens (tertiary/aromatic N) is 2. The van der Waals surface area contributed by atoms with Crippen LogP contribution in [0.2, 0.25) is 0 Å². The van der Waals surface area contributed by atoms with Gasteiger partial charge in [-0.2, -0.15) is 5.26 Å². The highest BCUT2D eigenvalue weighted by Gasteiger charge is 2.16. The highest BCUT2D eigenvalue weighted by molar-refractivity contribution is 5.98. The number of anilines is 2. The van der Waals surface area contributed by atoms with Gasteiger partial charge in [-0.3, -0.25) is 9.59 Å². The first kappa shape index (κ1) is 22.8. The quantitative estimate of drug-likeness (QED) is 0.476. The van der Waals surface area contributed by atoms with E-state index in [2.05, 4.69) is 11.4 Å². The minimum Gasteiger partial charge on any atom is -0.467 e. The van der Waals surface area contributed by atoms with Gasteiger partial charge in [0.15, 0.2) is 0 Å². The Morgan fingerprint density at radius 1 is 1.00 bits per heavy atom. The highest BCUT2D eigenvalue weighted by atomic mass is 16.5. The molecule has 0 saturated carbocycles. The first-order valence-electron chi connectivity index (χ1n) is 10.4. The van der Waals surface area contributed by atoms with E-state index in [1.807, 2.05) is 60.7 Å². The lowest BCUT2D eigenvalue weighted by molar-refractivity contribution is -0.122. The Kier molecular flexibility index (Phi) is 8.60. The Labute approximate surface area is 187 Å². The van der Waals surface area contributed by atoms with Crippen molar-refractivity contribution < 1.29 is 18.7 Å². The Morgan fingerprint density at radius 3 is 2.59 bits per heavy atom. The number of para-hydroxylation sites is 1. The van der Waals surface area contributed by atoms with Gasteiger partial charge >= 0.3 is 0 Å².